The Labute approximate surface area is 346 Å². The first-order chi connectivity index (χ1) is 29.0. The highest BCUT2D eigenvalue weighted by Crippen LogP contribution is 2.35. The maximum absolute atomic E-state index is 15.3. The van der Waals surface area contributed by atoms with E-state index in [0.29, 0.717) is 66.8 Å². The van der Waals surface area contributed by atoms with Crippen molar-refractivity contribution in [3.05, 3.63) is 77.1 Å². The topological polar surface area (TPSA) is 143 Å². The predicted octanol–water partition coefficient (Wildman–Crippen LogP) is 5.79. The Balaban J connectivity index is 0.870. The number of ether oxygens (including phenoxy) is 1. The molecule has 14 nitrogen and oxygen atoms in total. The van der Waals surface area contributed by atoms with Crippen LogP contribution in [0.15, 0.2) is 48.7 Å². The normalized spacial score (nSPS) is 21.1. The van der Waals surface area contributed by atoms with Gasteiger partial charge in [-0.3, -0.25) is 34.9 Å². The Hall–Kier alpha value is -5.90. The molecule has 2 aromatic carbocycles. The molecular formula is C44H50F2N10O4. The lowest BCUT2D eigenvalue weighted by molar-refractivity contribution is -0.134. The zero-order valence-electron chi connectivity index (χ0n) is 34.2. The van der Waals surface area contributed by atoms with E-state index in [0.717, 1.165) is 74.1 Å². The molecule has 7 heterocycles. The fourth-order valence-corrected chi connectivity index (χ4v) is 9.37. The minimum Gasteiger partial charge on any atom is -0.477 e. The van der Waals surface area contributed by atoms with E-state index in [9.17, 15) is 14.4 Å². The second-order valence-electron chi connectivity index (χ2n) is 16.7. The lowest BCUT2D eigenvalue weighted by atomic mass is 9.89. The molecule has 3 aromatic heterocycles. The predicted molar refractivity (Wildman–Crippen MR) is 223 cm³/mol. The van der Waals surface area contributed by atoms with E-state index in [2.05, 4.69) is 49.2 Å². The van der Waals surface area contributed by atoms with Crippen LogP contribution >= 0.6 is 0 Å². The van der Waals surface area contributed by atoms with Crippen molar-refractivity contribution >= 4 is 46.1 Å². The number of piperazine rings is 1. The first-order valence-electron chi connectivity index (χ1n) is 21.0. The number of aryl methyl sites for hydroxylation is 2. The highest BCUT2D eigenvalue weighted by atomic mass is 19.1. The number of nitrogens with zero attached hydrogens (tertiary/aromatic N) is 8. The molecule has 0 saturated carbocycles. The van der Waals surface area contributed by atoms with Gasteiger partial charge in [0, 0.05) is 93.5 Å². The Kier molecular flexibility index (Phi) is 10.7. The number of amides is 3. The van der Waals surface area contributed by atoms with Crippen LogP contribution < -0.4 is 25.2 Å². The molecule has 0 unspecified atom stereocenters. The molecule has 2 N–H and O–H groups in total. The van der Waals surface area contributed by atoms with Gasteiger partial charge in [0.2, 0.25) is 23.6 Å². The summed E-state index contributed by atoms with van der Waals surface area (Å²) in [6, 6.07) is 12.9. The van der Waals surface area contributed by atoms with Crippen LogP contribution in [0.25, 0.3) is 22.3 Å². The minimum atomic E-state index is -1.01. The Morgan fingerprint density at radius 2 is 1.58 bits per heavy atom. The average molecular weight is 821 g/mol. The molecule has 0 aliphatic carbocycles. The number of piperidine rings is 2. The zero-order valence-corrected chi connectivity index (χ0v) is 34.2. The molecule has 3 amide bonds. The SMILES string of the molecule is Cc1cc2cc(n1)-c1cnn(C)c1OCCC[C@@H](C)Cn1c(nc3ccc(N4CCC(N5CCN(c6cc(F)c([C@H]7CCC(=O)NC7=O)c(F)c6)CC5)CC4)cc31)NC2=O. The Bertz CT molecular complexity index is 2440. The molecule has 5 aromatic rings. The largest absolute Gasteiger partial charge is 0.477 e. The van der Waals surface area contributed by atoms with Crippen LogP contribution in [-0.4, -0.2) is 98.9 Å². The van der Waals surface area contributed by atoms with Crippen LogP contribution in [0.5, 0.6) is 5.88 Å². The second kappa shape index (κ2) is 16.3. The van der Waals surface area contributed by atoms with Gasteiger partial charge in [0.05, 0.1) is 41.0 Å². The molecule has 314 valence electrons. The van der Waals surface area contributed by atoms with Crippen molar-refractivity contribution in [2.24, 2.45) is 13.0 Å². The number of hydrogen-bond acceptors (Lipinski definition) is 10. The standard InChI is InChI=1S/C44H50F2N10O4/c1-26-5-4-18-60-43-33(24-47-52(43)3)37-20-28(19-27(2)48-37)41(58)51-44-49-36-8-6-30(23-38(36)56(44)25-26)53-12-10-29(11-13-53)54-14-16-55(17-15-54)31-21-34(45)40(35(46)22-31)32-7-9-39(57)50-42(32)59/h6,8,19-24,26,29,32H,4-5,7,9-18,25H2,1-3H3,(H,49,51,58)(H,50,57,59)/t26-,32-/m1/s1. The maximum atomic E-state index is 15.3. The van der Waals surface area contributed by atoms with Gasteiger partial charge in [-0.15, -0.1) is 0 Å². The van der Waals surface area contributed by atoms with Crippen molar-refractivity contribution in [2.75, 3.05) is 61.0 Å². The summed E-state index contributed by atoms with van der Waals surface area (Å²) in [6.45, 7) is 9.86. The third kappa shape index (κ3) is 7.80. The van der Waals surface area contributed by atoms with Gasteiger partial charge in [-0.2, -0.15) is 5.10 Å². The fourth-order valence-electron chi connectivity index (χ4n) is 9.37. The van der Waals surface area contributed by atoms with Gasteiger partial charge in [0.25, 0.3) is 5.91 Å². The number of anilines is 3. The maximum Gasteiger partial charge on any atom is 0.258 e. The van der Waals surface area contributed by atoms with Crippen molar-refractivity contribution in [1.82, 2.24) is 34.5 Å². The molecule has 3 saturated heterocycles. The third-order valence-corrected chi connectivity index (χ3v) is 12.6. The number of pyridine rings is 1. The van der Waals surface area contributed by atoms with E-state index in [1.807, 2.05) is 24.9 Å². The quantitative estimate of drug-likeness (QED) is 0.214. The number of halogens is 2. The average Bonchev–Trinajstić information content (AvgIpc) is 3.77. The first-order valence-corrected chi connectivity index (χ1v) is 21.0. The van der Waals surface area contributed by atoms with Crippen molar-refractivity contribution < 1.29 is 27.9 Å². The van der Waals surface area contributed by atoms with Crippen molar-refractivity contribution in [1.29, 1.82) is 0 Å². The van der Waals surface area contributed by atoms with Crippen LogP contribution in [0.3, 0.4) is 0 Å². The van der Waals surface area contributed by atoms with E-state index < -0.39 is 29.4 Å². The summed E-state index contributed by atoms with van der Waals surface area (Å²) in [6.07, 6.45) is 5.60. The van der Waals surface area contributed by atoms with Gasteiger partial charge in [0.1, 0.15) is 11.6 Å². The molecule has 16 heteroatoms. The van der Waals surface area contributed by atoms with E-state index in [4.69, 9.17) is 14.7 Å². The monoisotopic (exact) mass is 820 g/mol. The zero-order chi connectivity index (χ0) is 41.7. The van der Waals surface area contributed by atoms with Gasteiger partial charge in [0.15, 0.2) is 0 Å². The molecular weight excluding hydrogens is 771 g/mol. The Morgan fingerprint density at radius 1 is 0.833 bits per heavy atom. The second-order valence-corrected chi connectivity index (χ2v) is 16.7. The van der Waals surface area contributed by atoms with Crippen LogP contribution in [0.4, 0.5) is 26.1 Å². The number of carbonyl (C=O) groups is 3. The summed E-state index contributed by atoms with van der Waals surface area (Å²) in [5, 5.41) is 9.74. The number of carbonyl (C=O) groups excluding carboxylic acids is 3. The molecule has 9 rings (SSSR count). The fraction of sp³-hybridized carbons (Fsp3) is 0.455. The summed E-state index contributed by atoms with van der Waals surface area (Å²) in [7, 11) is 1.84. The number of nitrogens with one attached hydrogen (secondary N) is 2. The van der Waals surface area contributed by atoms with Crippen molar-refractivity contribution in [3.63, 3.8) is 0 Å². The van der Waals surface area contributed by atoms with E-state index in [1.54, 1.807) is 23.0 Å². The van der Waals surface area contributed by atoms with Crippen LogP contribution in [0.2, 0.25) is 0 Å². The molecule has 2 bridgehead atoms. The smallest absolute Gasteiger partial charge is 0.258 e. The lowest BCUT2D eigenvalue weighted by Gasteiger charge is -2.44. The highest BCUT2D eigenvalue weighted by Gasteiger charge is 2.34. The van der Waals surface area contributed by atoms with E-state index in [-0.39, 0.29) is 30.2 Å². The van der Waals surface area contributed by atoms with Gasteiger partial charge in [-0.25, -0.2) is 18.4 Å². The summed E-state index contributed by atoms with van der Waals surface area (Å²) in [5.41, 5.74) is 5.64. The summed E-state index contributed by atoms with van der Waals surface area (Å²) in [5.74, 6) is -2.45. The van der Waals surface area contributed by atoms with E-state index in [1.165, 1.54) is 12.1 Å². The van der Waals surface area contributed by atoms with Crippen LogP contribution in [0, 0.1) is 24.5 Å². The first kappa shape index (κ1) is 39.6. The van der Waals surface area contributed by atoms with Gasteiger partial charge >= 0.3 is 0 Å². The van der Waals surface area contributed by atoms with Crippen molar-refractivity contribution in [3.8, 4) is 17.1 Å². The lowest BCUT2D eigenvalue weighted by Crippen LogP contribution is -2.53. The summed E-state index contributed by atoms with van der Waals surface area (Å²) < 4.78 is 40.7. The van der Waals surface area contributed by atoms with Crippen LogP contribution in [0.1, 0.15) is 73.0 Å². The van der Waals surface area contributed by atoms with Crippen molar-refractivity contribution in [2.45, 2.75) is 70.9 Å². The van der Waals surface area contributed by atoms with Gasteiger partial charge < -0.3 is 19.1 Å². The Morgan fingerprint density at radius 3 is 2.33 bits per heavy atom. The number of benzene rings is 2. The van der Waals surface area contributed by atoms with Gasteiger partial charge in [-0.1, -0.05) is 6.92 Å². The minimum absolute atomic E-state index is 0.0562. The summed E-state index contributed by atoms with van der Waals surface area (Å²) in [4.78, 5) is 54.3. The molecule has 2 atom stereocenters. The third-order valence-electron chi connectivity index (χ3n) is 12.6. The molecule has 0 radical (unpaired) electrons. The number of rotatable bonds is 4. The number of imide groups is 1. The molecule has 4 aliphatic heterocycles. The number of hydrogen-bond donors (Lipinski definition) is 2. The molecule has 0 spiro atoms. The highest BCUT2D eigenvalue weighted by molar-refractivity contribution is 6.05. The molecule has 4 aliphatic rings. The number of aromatic nitrogens is 5. The number of imidazole rings is 1. The molecule has 60 heavy (non-hydrogen) atoms. The van der Waals surface area contributed by atoms with E-state index >= 15 is 8.78 Å². The number of fused-ring (bicyclic) bond motifs is 7. The molecule has 3 fully saturated rings. The van der Waals surface area contributed by atoms with Gasteiger partial charge in [-0.05, 0) is 87.4 Å². The van der Waals surface area contributed by atoms with Crippen LogP contribution in [-0.2, 0) is 23.2 Å². The summed E-state index contributed by atoms with van der Waals surface area (Å²) >= 11 is 0.